The third kappa shape index (κ3) is 5.49. The molecule has 1 saturated heterocycles. The number of hydrogen-bond acceptors (Lipinski definition) is 7. The molecular weight excluding hydrogens is 412 g/mol. The Kier molecular flexibility index (Phi) is 6.73. The van der Waals surface area contributed by atoms with E-state index in [0.29, 0.717) is 32.2 Å². The number of methoxy groups -OCH3 is 2. The van der Waals surface area contributed by atoms with Crippen molar-refractivity contribution in [2.75, 3.05) is 26.1 Å². The van der Waals surface area contributed by atoms with Crippen LogP contribution in [0.15, 0.2) is 47.4 Å². The molecule has 9 heteroatoms. The highest BCUT2D eigenvalue weighted by molar-refractivity contribution is 8.26. The fraction of sp³-hybridized carbons (Fsp3) is 0.150. The van der Waals surface area contributed by atoms with Crippen molar-refractivity contribution in [1.82, 2.24) is 5.32 Å². The predicted octanol–water partition coefficient (Wildman–Crippen LogP) is 3.21. The van der Waals surface area contributed by atoms with E-state index < -0.39 is 0 Å². The molecule has 2 aromatic carbocycles. The second-order valence-electron chi connectivity index (χ2n) is 5.83. The molecule has 2 N–H and O–H groups in total. The second-order valence-corrected chi connectivity index (χ2v) is 7.55. The van der Waals surface area contributed by atoms with Gasteiger partial charge in [-0.3, -0.25) is 9.59 Å². The lowest BCUT2D eigenvalue weighted by atomic mass is 10.2. The van der Waals surface area contributed by atoms with Gasteiger partial charge < -0.3 is 24.8 Å². The number of thioether (sulfide) groups is 1. The number of thiocarbonyl (C=S) groups is 1. The third-order valence-corrected chi connectivity index (χ3v) is 5.00. The number of carbonyl (C=O) groups excluding carboxylic acids is 2. The van der Waals surface area contributed by atoms with Gasteiger partial charge in [0.2, 0.25) is 0 Å². The van der Waals surface area contributed by atoms with Crippen LogP contribution >= 0.6 is 24.0 Å². The van der Waals surface area contributed by atoms with E-state index in [1.165, 1.54) is 18.9 Å². The number of hydrogen-bond donors (Lipinski definition) is 2. The monoisotopic (exact) mass is 430 g/mol. The molecule has 0 radical (unpaired) electrons. The molecule has 1 fully saturated rings. The summed E-state index contributed by atoms with van der Waals surface area (Å²) in [5.74, 6) is 0.950. The van der Waals surface area contributed by atoms with Crippen molar-refractivity contribution in [2.45, 2.75) is 0 Å². The van der Waals surface area contributed by atoms with E-state index in [1.807, 2.05) is 0 Å². The summed E-state index contributed by atoms with van der Waals surface area (Å²) in [6.45, 7) is -0.194. The summed E-state index contributed by atoms with van der Waals surface area (Å²) in [5, 5.41) is 5.31. The lowest BCUT2D eigenvalue weighted by Crippen LogP contribution is -2.20. The molecule has 29 heavy (non-hydrogen) atoms. The Morgan fingerprint density at radius 2 is 2.00 bits per heavy atom. The van der Waals surface area contributed by atoms with Crippen molar-refractivity contribution >= 4 is 51.9 Å². The summed E-state index contributed by atoms with van der Waals surface area (Å²) in [6.07, 6.45) is 1.71. The summed E-state index contributed by atoms with van der Waals surface area (Å²) in [4.78, 5) is 24.4. The zero-order valence-electron chi connectivity index (χ0n) is 15.7. The molecule has 7 nitrogen and oxygen atoms in total. The fourth-order valence-corrected chi connectivity index (χ4v) is 3.55. The summed E-state index contributed by atoms with van der Waals surface area (Å²) in [5.41, 5.74) is 1.36. The van der Waals surface area contributed by atoms with Crippen LogP contribution in [0.3, 0.4) is 0 Å². The van der Waals surface area contributed by atoms with Crippen LogP contribution in [0.4, 0.5) is 5.69 Å². The van der Waals surface area contributed by atoms with Gasteiger partial charge in [-0.1, -0.05) is 36.1 Å². The van der Waals surface area contributed by atoms with Gasteiger partial charge in [-0.05, 0) is 35.9 Å². The van der Waals surface area contributed by atoms with Gasteiger partial charge in [-0.25, -0.2) is 0 Å². The first kappa shape index (κ1) is 20.7. The van der Waals surface area contributed by atoms with E-state index in [9.17, 15) is 9.59 Å². The SMILES string of the molecule is COc1cccc(NC(=O)COc2ccc(/C=C3\SC(=S)NC3=O)cc2OC)c1. The molecule has 0 aliphatic carbocycles. The van der Waals surface area contributed by atoms with Gasteiger partial charge in [0.1, 0.15) is 10.1 Å². The van der Waals surface area contributed by atoms with Gasteiger partial charge in [0.05, 0.1) is 19.1 Å². The van der Waals surface area contributed by atoms with Crippen molar-refractivity contribution in [2.24, 2.45) is 0 Å². The number of amides is 2. The van der Waals surface area contributed by atoms with Crippen molar-refractivity contribution in [3.8, 4) is 17.2 Å². The highest BCUT2D eigenvalue weighted by Crippen LogP contribution is 2.31. The Bertz CT molecular complexity index is 991. The molecular formula is C20H18N2O5S2. The molecule has 0 bridgehead atoms. The number of anilines is 1. The Hall–Kier alpha value is -3.04. The maximum absolute atomic E-state index is 12.2. The molecule has 0 aromatic heterocycles. The average Bonchev–Trinajstić information content (AvgIpc) is 3.03. The minimum absolute atomic E-state index is 0.194. The van der Waals surface area contributed by atoms with Gasteiger partial charge >= 0.3 is 0 Å². The fourth-order valence-electron chi connectivity index (χ4n) is 2.51. The van der Waals surface area contributed by atoms with Gasteiger partial charge in [0, 0.05) is 11.8 Å². The van der Waals surface area contributed by atoms with E-state index in [1.54, 1.807) is 55.7 Å². The van der Waals surface area contributed by atoms with E-state index in [4.69, 9.17) is 26.4 Å². The topological polar surface area (TPSA) is 85.9 Å². The Labute approximate surface area is 177 Å². The molecule has 2 aromatic rings. The van der Waals surface area contributed by atoms with Crippen LogP contribution in [0, 0.1) is 0 Å². The minimum Gasteiger partial charge on any atom is -0.497 e. The van der Waals surface area contributed by atoms with Crippen molar-refractivity contribution < 1.29 is 23.8 Å². The number of rotatable bonds is 7. The van der Waals surface area contributed by atoms with E-state index in [2.05, 4.69) is 10.6 Å². The van der Waals surface area contributed by atoms with Gasteiger partial charge in [-0.2, -0.15) is 0 Å². The van der Waals surface area contributed by atoms with E-state index in [-0.39, 0.29) is 18.4 Å². The van der Waals surface area contributed by atoms with Crippen LogP contribution in [-0.4, -0.2) is 37.0 Å². The zero-order valence-corrected chi connectivity index (χ0v) is 17.3. The summed E-state index contributed by atoms with van der Waals surface area (Å²) in [6, 6.07) is 12.2. The largest absolute Gasteiger partial charge is 0.497 e. The van der Waals surface area contributed by atoms with Crippen LogP contribution in [0.2, 0.25) is 0 Å². The second kappa shape index (κ2) is 9.44. The van der Waals surface area contributed by atoms with Gasteiger partial charge in [0.15, 0.2) is 18.1 Å². The Morgan fingerprint density at radius 3 is 2.69 bits per heavy atom. The van der Waals surface area contributed by atoms with E-state index >= 15 is 0 Å². The van der Waals surface area contributed by atoms with Gasteiger partial charge in [0.25, 0.3) is 11.8 Å². The summed E-state index contributed by atoms with van der Waals surface area (Å²) in [7, 11) is 3.06. The van der Waals surface area contributed by atoms with Crippen LogP contribution in [-0.2, 0) is 9.59 Å². The predicted molar refractivity (Wildman–Crippen MR) is 116 cm³/mol. The summed E-state index contributed by atoms with van der Waals surface area (Å²) < 4.78 is 16.5. The third-order valence-electron chi connectivity index (χ3n) is 3.84. The number of nitrogens with one attached hydrogen (secondary N) is 2. The first-order valence-corrected chi connectivity index (χ1v) is 9.70. The number of ether oxygens (including phenoxy) is 3. The molecule has 0 saturated carbocycles. The lowest BCUT2D eigenvalue weighted by Gasteiger charge is -2.12. The maximum Gasteiger partial charge on any atom is 0.263 e. The van der Waals surface area contributed by atoms with Gasteiger partial charge in [-0.15, -0.1) is 0 Å². The first-order chi connectivity index (χ1) is 14.0. The zero-order chi connectivity index (χ0) is 20.8. The van der Waals surface area contributed by atoms with Crippen LogP contribution < -0.4 is 24.8 Å². The first-order valence-electron chi connectivity index (χ1n) is 8.48. The minimum atomic E-state index is -0.320. The smallest absolute Gasteiger partial charge is 0.263 e. The molecule has 0 unspecified atom stereocenters. The van der Waals surface area contributed by atoms with Crippen LogP contribution in [0.25, 0.3) is 6.08 Å². The molecule has 2 amide bonds. The normalized spacial score (nSPS) is 14.5. The Morgan fingerprint density at radius 1 is 1.17 bits per heavy atom. The lowest BCUT2D eigenvalue weighted by molar-refractivity contribution is -0.118. The maximum atomic E-state index is 12.2. The highest BCUT2D eigenvalue weighted by atomic mass is 32.2. The van der Waals surface area contributed by atoms with Crippen LogP contribution in [0.5, 0.6) is 17.2 Å². The van der Waals surface area contributed by atoms with Crippen molar-refractivity contribution in [3.63, 3.8) is 0 Å². The molecule has 3 rings (SSSR count). The number of carbonyl (C=O) groups is 2. The molecule has 150 valence electrons. The molecule has 0 spiro atoms. The Balaban J connectivity index is 1.64. The number of benzene rings is 2. The molecule has 1 aliphatic heterocycles. The quantitative estimate of drug-likeness (QED) is 0.515. The summed E-state index contributed by atoms with van der Waals surface area (Å²) >= 11 is 6.18. The molecule has 1 aliphatic rings. The van der Waals surface area contributed by atoms with Crippen molar-refractivity contribution in [1.29, 1.82) is 0 Å². The van der Waals surface area contributed by atoms with E-state index in [0.717, 1.165) is 5.56 Å². The van der Waals surface area contributed by atoms with Crippen LogP contribution in [0.1, 0.15) is 5.56 Å². The standard InChI is InChI=1S/C20H18N2O5S2/c1-25-14-5-3-4-13(10-14)21-18(23)11-27-15-7-6-12(8-16(15)26-2)9-17-19(24)22-20(28)29-17/h3-10H,11H2,1-2H3,(H,21,23)(H,22,24,28)/b17-9-. The molecule has 0 atom stereocenters. The average molecular weight is 431 g/mol. The molecule has 1 heterocycles. The van der Waals surface area contributed by atoms with Crippen molar-refractivity contribution in [3.05, 3.63) is 52.9 Å². The highest BCUT2D eigenvalue weighted by Gasteiger charge is 2.22.